The molecule has 1 nitrogen and oxygen atoms in total. The molecule has 0 radical (unpaired) electrons. The largest absolute Gasteiger partial charge is 0.307 e. The number of hydrogen-bond donors (Lipinski definition) is 1. The average molecular weight is 253 g/mol. The third-order valence-corrected chi connectivity index (χ3v) is 4.38. The van der Waals surface area contributed by atoms with Crippen molar-refractivity contribution >= 4 is 10.8 Å². The molecule has 0 amide bonds. The van der Waals surface area contributed by atoms with Crippen LogP contribution in [-0.4, -0.2) is 6.04 Å². The predicted octanol–water partition coefficient (Wildman–Crippen LogP) is 4.68. The van der Waals surface area contributed by atoms with E-state index in [4.69, 9.17) is 0 Å². The van der Waals surface area contributed by atoms with Crippen molar-refractivity contribution in [1.29, 1.82) is 0 Å². The van der Waals surface area contributed by atoms with Crippen LogP contribution in [0, 0.1) is 5.92 Å². The molecule has 0 saturated heterocycles. The minimum Gasteiger partial charge on any atom is -0.307 e. The zero-order valence-electron chi connectivity index (χ0n) is 11.9. The van der Waals surface area contributed by atoms with Crippen LogP contribution in [0.25, 0.3) is 10.8 Å². The van der Waals surface area contributed by atoms with E-state index in [1.807, 2.05) is 0 Å². The maximum atomic E-state index is 3.84. The van der Waals surface area contributed by atoms with Gasteiger partial charge in [-0.2, -0.15) is 0 Å². The van der Waals surface area contributed by atoms with Gasteiger partial charge >= 0.3 is 0 Å². The lowest BCUT2D eigenvalue weighted by Gasteiger charge is -2.23. The van der Waals surface area contributed by atoms with E-state index in [2.05, 4.69) is 61.6 Å². The first-order valence-corrected chi connectivity index (χ1v) is 7.53. The normalized spacial score (nSPS) is 18.4. The second kappa shape index (κ2) is 5.34. The van der Waals surface area contributed by atoms with Crippen molar-refractivity contribution in [2.75, 3.05) is 0 Å². The van der Waals surface area contributed by atoms with Crippen molar-refractivity contribution in [1.82, 2.24) is 5.32 Å². The van der Waals surface area contributed by atoms with Crippen LogP contribution in [0.2, 0.25) is 0 Å². The molecule has 1 N–H and O–H groups in total. The summed E-state index contributed by atoms with van der Waals surface area (Å²) >= 11 is 0. The molecular formula is C18H23N. The number of benzene rings is 2. The van der Waals surface area contributed by atoms with Crippen LogP contribution >= 0.6 is 0 Å². The Balaban J connectivity index is 1.86. The fourth-order valence-corrected chi connectivity index (χ4v) is 3.12. The molecule has 2 unspecified atom stereocenters. The van der Waals surface area contributed by atoms with E-state index in [1.54, 1.807) is 0 Å². The molecule has 2 aromatic rings. The first-order chi connectivity index (χ1) is 9.29. The quantitative estimate of drug-likeness (QED) is 0.816. The van der Waals surface area contributed by atoms with E-state index in [0.29, 0.717) is 12.1 Å². The van der Waals surface area contributed by atoms with Crippen LogP contribution in [0.4, 0.5) is 0 Å². The molecule has 100 valence electrons. The molecule has 1 saturated carbocycles. The topological polar surface area (TPSA) is 12.0 Å². The van der Waals surface area contributed by atoms with Gasteiger partial charge in [-0.05, 0) is 48.4 Å². The Morgan fingerprint density at radius 1 is 1.11 bits per heavy atom. The highest BCUT2D eigenvalue weighted by Crippen LogP contribution is 2.35. The number of nitrogens with one attached hydrogen (secondary N) is 1. The zero-order valence-corrected chi connectivity index (χ0v) is 11.9. The summed E-state index contributed by atoms with van der Waals surface area (Å²) in [5.41, 5.74) is 1.43. The SMILES string of the molecule is CCC(NC(C)c1cccc2ccccc12)C1CC1. The predicted molar refractivity (Wildman–Crippen MR) is 82.3 cm³/mol. The van der Waals surface area contributed by atoms with Gasteiger partial charge in [-0.3, -0.25) is 0 Å². The highest BCUT2D eigenvalue weighted by Gasteiger charge is 2.30. The molecule has 3 rings (SSSR count). The van der Waals surface area contributed by atoms with Gasteiger partial charge in [0, 0.05) is 12.1 Å². The summed E-state index contributed by atoms with van der Waals surface area (Å²) in [7, 11) is 0. The van der Waals surface area contributed by atoms with Gasteiger partial charge in [0.25, 0.3) is 0 Å². The summed E-state index contributed by atoms with van der Waals surface area (Å²) in [6, 6.07) is 16.4. The van der Waals surface area contributed by atoms with Crippen LogP contribution in [0.3, 0.4) is 0 Å². The number of rotatable bonds is 5. The lowest BCUT2D eigenvalue weighted by molar-refractivity contribution is 0.406. The van der Waals surface area contributed by atoms with E-state index in [0.717, 1.165) is 5.92 Å². The fraction of sp³-hybridized carbons (Fsp3) is 0.444. The van der Waals surface area contributed by atoms with Crippen molar-refractivity contribution in [2.24, 2.45) is 5.92 Å². The molecule has 0 heterocycles. The first kappa shape index (κ1) is 12.7. The van der Waals surface area contributed by atoms with Gasteiger partial charge in [0.2, 0.25) is 0 Å². The highest BCUT2D eigenvalue weighted by molar-refractivity contribution is 5.86. The zero-order chi connectivity index (χ0) is 13.2. The van der Waals surface area contributed by atoms with E-state index in [-0.39, 0.29) is 0 Å². The highest BCUT2D eigenvalue weighted by atomic mass is 15.0. The molecule has 2 atom stereocenters. The van der Waals surface area contributed by atoms with E-state index in [1.165, 1.54) is 35.6 Å². The summed E-state index contributed by atoms with van der Waals surface area (Å²) in [5, 5.41) is 6.56. The van der Waals surface area contributed by atoms with E-state index >= 15 is 0 Å². The molecule has 1 aliphatic carbocycles. The Morgan fingerprint density at radius 2 is 1.84 bits per heavy atom. The summed E-state index contributed by atoms with van der Waals surface area (Å²) < 4.78 is 0. The number of hydrogen-bond acceptors (Lipinski definition) is 1. The van der Waals surface area contributed by atoms with Crippen molar-refractivity contribution in [3.8, 4) is 0 Å². The van der Waals surface area contributed by atoms with Gasteiger partial charge in [-0.25, -0.2) is 0 Å². The summed E-state index contributed by atoms with van der Waals surface area (Å²) in [6.07, 6.45) is 4.06. The van der Waals surface area contributed by atoms with Crippen molar-refractivity contribution in [3.63, 3.8) is 0 Å². The van der Waals surface area contributed by atoms with Crippen LogP contribution in [0.5, 0.6) is 0 Å². The van der Waals surface area contributed by atoms with Gasteiger partial charge in [0.15, 0.2) is 0 Å². The minimum absolute atomic E-state index is 0.427. The van der Waals surface area contributed by atoms with Gasteiger partial charge < -0.3 is 5.32 Å². The smallest absolute Gasteiger partial charge is 0.0300 e. The lowest BCUT2D eigenvalue weighted by Crippen LogP contribution is -2.32. The van der Waals surface area contributed by atoms with Gasteiger partial charge in [0.1, 0.15) is 0 Å². The summed E-state index contributed by atoms with van der Waals surface area (Å²) in [4.78, 5) is 0. The third kappa shape index (κ3) is 2.66. The van der Waals surface area contributed by atoms with Gasteiger partial charge in [0.05, 0.1) is 0 Å². The Bertz CT molecular complexity index is 551. The molecule has 0 bridgehead atoms. The Kier molecular flexibility index (Phi) is 3.56. The minimum atomic E-state index is 0.427. The Morgan fingerprint density at radius 3 is 2.58 bits per heavy atom. The Labute approximate surface area is 116 Å². The maximum Gasteiger partial charge on any atom is 0.0300 e. The monoisotopic (exact) mass is 253 g/mol. The van der Waals surface area contributed by atoms with Crippen LogP contribution in [0.1, 0.15) is 44.7 Å². The molecular weight excluding hydrogens is 230 g/mol. The third-order valence-electron chi connectivity index (χ3n) is 4.38. The average Bonchev–Trinajstić information content (AvgIpc) is 3.28. The molecule has 0 aromatic heterocycles. The van der Waals surface area contributed by atoms with Crippen molar-refractivity contribution < 1.29 is 0 Å². The second-order valence-corrected chi connectivity index (χ2v) is 5.81. The molecule has 1 aliphatic rings. The van der Waals surface area contributed by atoms with Crippen LogP contribution < -0.4 is 5.32 Å². The van der Waals surface area contributed by atoms with Gasteiger partial charge in [-0.1, -0.05) is 49.4 Å². The van der Waals surface area contributed by atoms with Crippen molar-refractivity contribution in [3.05, 3.63) is 48.0 Å². The lowest BCUT2D eigenvalue weighted by atomic mass is 9.98. The molecule has 0 spiro atoms. The first-order valence-electron chi connectivity index (χ1n) is 7.53. The standard InChI is InChI=1S/C18H23N/c1-3-18(15-11-12-15)19-13(2)16-10-6-8-14-7-4-5-9-17(14)16/h4-10,13,15,18-19H,3,11-12H2,1-2H3. The van der Waals surface area contributed by atoms with Crippen molar-refractivity contribution in [2.45, 2.75) is 45.2 Å². The maximum absolute atomic E-state index is 3.84. The van der Waals surface area contributed by atoms with Crippen LogP contribution in [0.15, 0.2) is 42.5 Å². The van der Waals surface area contributed by atoms with E-state index in [9.17, 15) is 0 Å². The molecule has 0 aliphatic heterocycles. The van der Waals surface area contributed by atoms with E-state index < -0.39 is 0 Å². The molecule has 1 fully saturated rings. The molecule has 19 heavy (non-hydrogen) atoms. The second-order valence-electron chi connectivity index (χ2n) is 5.81. The summed E-state index contributed by atoms with van der Waals surface area (Å²) in [5.74, 6) is 0.919. The fourth-order valence-electron chi connectivity index (χ4n) is 3.12. The molecule has 2 aromatic carbocycles. The summed E-state index contributed by atoms with van der Waals surface area (Å²) in [6.45, 7) is 4.60. The number of fused-ring (bicyclic) bond motifs is 1. The molecule has 1 heteroatoms. The Hall–Kier alpha value is -1.34. The van der Waals surface area contributed by atoms with Crippen LogP contribution in [-0.2, 0) is 0 Å². The van der Waals surface area contributed by atoms with Gasteiger partial charge in [-0.15, -0.1) is 0 Å².